The quantitative estimate of drug-likeness (QED) is 0.261. The van der Waals surface area contributed by atoms with Crippen LogP contribution in [0.3, 0.4) is 0 Å². The number of methoxy groups -OCH3 is 2. The predicted molar refractivity (Wildman–Crippen MR) is 98.0 cm³/mol. The molecule has 0 aliphatic heterocycles. The number of hydrogen-bond donors (Lipinski definition) is 0. The van der Waals surface area contributed by atoms with E-state index in [1.54, 1.807) is 0 Å². The average Bonchev–Trinajstić information content (AvgIpc) is 2.52. The summed E-state index contributed by atoms with van der Waals surface area (Å²) in [5.74, 6) is 1.32. The molecule has 4 nitrogen and oxygen atoms in total. The molecule has 0 aromatic rings. The number of carbonyl (C=O) groups excluding carboxylic acids is 2. The third-order valence-electron chi connectivity index (χ3n) is 3.21. The van der Waals surface area contributed by atoms with Gasteiger partial charge in [0, 0.05) is 0 Å². The Morgan fingerprint density at radius 3 is 1.52 bits per heavy atom. The Bertz CT molecular complexity index is 283. The molecule has 124 valence electrons. The van der Waals surface area contributed by atoms with E-state index in [1.165, 1.54) is 48.8 Å². The van der Waals surface area contributed by atoms with Crippen LogP contribution in [0.5, 0.6) is 0 Å². The van der Waals surface area contributed by atoms with Crippen LogP contribution in [0.15, 0.2) is 0 Å². The molecule has 0 saturated carbocycles. The van der Waals surface area contributed by atoms with E-state index in [9.17, 15) is 9.59 Å². The van der Waals surface area contributed by atoms with Crippen LogP contribution < -0.4 is 0 Å². The van der Waals surface area contributed by atoms with E-state index in [0.29, 0.717) is 11.5 Å². The van der Waals surface area contributed by atoms with Gasteiger partial charge in [0.2, 0.25) is 0 Å². The van der Waals surface area contributed by atoms with E-state index in [4.69, 9.17) is 9.47 Å². The van der Waals surface area contributed by atoms with Gasteiger partial charge in [-0.15, -0.1) is 0 Å². The van der Waals surface area contributed by atoms with Crippen molar-refractivity contribution in [3.05, 3.63) is 0 Å². The number of rotatable bonds is 12. The molecule has 0 unspecified atom stereocenters. The Hall–Kier alpha value is 0.439. The van der Waals surface area contributed by atoms with Crippen molar-refractivity contribution in [2.24, 2.45) is 0 Å². The first-order valence-corrected chi connectivity index (χ1v) is 20.5. The van der Waals surface area contributed by atoms with Crippen LogP contribution in [-0.4, -0.2) is 62.9 Å². The van der Waals surface area contributed by atoms with Gasteiger partial charge in [0.1, 0.15) is 0 Å². The summed E-state index contributed by atoms with van der Waals surface area (Å²) < 4.78 is 12.3. The first-order chi connectivity index (χ1) is 10.0. The van der Waals surface area contributed by atoms with Crippen LogP contribution in [0.2, 0.25) is 8.87 Å². The van der Waals surface area contributed by atoms with Crippen molar-refractivity contribution in [1.29, 1.82) is 0 Å². The van der Waals surface area contributed by atoms with Crippen molar-refractivity contribution in [3.63, 3.8) is 0 Å². The molecule has 0 amide bonds. The third kappa shape index (κ3) is 9.94. The van der Waals surface area contributed by atoms with Crippen molar-refractivity contribution in [2.75, 3.05) is 25.7 Å². The van der Waals surface area contributed by atoms with Crippen molar-refractivity contribution < 1.29 is 19.1 Å². The summed E-state index contributed by atoms with van der Waals surface area (Å²) in [6, 6.07) is 0. The molecule has 0 spiro atoms. The van der Waals surface area contributed by atoms with E-state index in [1.807, 2.05) is 17.9 Å². The monoisotopic (exact) mass is 446 g/mol. The molecular formula is C14H30O4S2Sn+2. The Morgan fingerprint density at radius 2 is 1.24 bits per heavy atom. The van der Waals surface area contributed by atoms with Gasteiger partial charge in [0.05, 0.1) is 0 Å². The zero-order chi connectivity index (χ0) is 16.1. The second kappa shape index (κ2) is 12.9. The molecule has 0 bridgehead atoms. The number of esters is 2. The second-order valence-electron chi connectivity index (χ2n) is 4.89. The predicted octanol–water partition coefficient (Wildman–Crippen LogP) is 3.79. The molecule has 0 aromatic carbocycles. The Labute approximate surface area is 138 Å². The summed E-state index contributed by atoms with van der Waals surface area (Å²) in [6.07, 6.45) is 4.82. The average molecular weight is 445 g/mol. The molecule has 0 atom stereocenters. The van der Waals surface area contributed by atoms with Gasteiger partial charge in [-0.1, -0.05) is 0 Å². The van der Waals surface area contributed by atoms with Crippen LogP contribution in [0.1, 0.15) is 39.5 Å². The molecule has 2 N–H and O–H groups in total. The molecule has 0 rings (SSSR count). The number of ether oxygens (including phenoxy) is 2. The fourth-order valence-corrected chi connectivity index (χ4v) is 29.5. The van der Waals surface area contributed by atoms with E-state index >= 15 is 0 Å². The molecule has 0 radical (unpaired) electrons. The Kier molecular flexibility index (Phi) is 13.2. The van der Waals surface area contributed by atoms with E-state index in [-0.39, 0.29) is 11.9 Å². The molecule has 0 aliphatic rings. The maximum atomic E-state index is 9.61. The van der Waals surface area contributed by atoms with Gasteiger partial charge in [-0.05, 0) is 0 Å². The molecule has 0 heterocycles. The van der Waals surface area contributed by atoms with Gasteiger partial charge in [-0.2, -0.15) is 0 Å². The van der Waals surface area contributed by atoms with E-state index < -0.39 is 15.6 Å². The van der Waals surface area contributed by atoms with Gasteiger partial charge in [-0.3, -0.25) is 0 Å². The minimum absolute atomic E-state index is 0.106. The standard InChI is InChI=1S/2C4H9.2C3H6O2S.Sn/c2*1-3-4-2;2*1-5-3(4)2-6;/h2*1,3-4H2,2H3;2*6H,2H2,1H3;/q;;;;+2. The van der Waals surface area contributed by atoms with Crippen LogP contribution in [0.4, 0.5) is 0 Å². The molecule has 7 heteroatoms. The summed E-state index contributed by atoms with van der Waals surface area (Å²) in [5, 5.41) is 0. The SMILES string of the molecule is CCC[CH2][Sn]([CH2]CCC)([S]CC(=[OH+])OC)[S]CC(=[OH+])OC. The molecule has 0 saturated heterocycles. The zero-order valence-corrected chi connectivity index (χ0v) is 18.2. The molecule has 0 aliphatic carbocycles. The van der Waals surface area contributed by atoms with Gasteiger partial charge in [-0.25, -0.2) is 0 Å². The molecule has 0 aromatic heterocycles. The van der Waals surface area contributed by atoms with Crippen molar-refractivity contribution >= 4 is 45.4 Å². The van der Waals surface area contributed by atoms with Crippen molar-refractivity contribution in [1.82, 2.24) is 0 Å². The summed E-state index contributed by atoms with van der Waals surface area (Å²) in [5.41, 5.74) is 0. The molecule has 21 heavy (non-hydrogen) atoms. The summed E-state index contributed by atoms with van der Waals surface area (Å²) in [4.78, 5) is 19.2. The Balaban J connectivity index is 4.81. The first kappa shape index (κ1) is 21.4. The van der Waals surface area contributed by atoms with Crippen molar-refractivity contribution in [2.45, 2.75) is 48.4 Å². The first-order valence-electron chi connectivity index (χ1n) is 7.49. The van der Waals surface area contributed by atoms with Gasteiger partial charge in [0.15, 0.2) is 0 Å². The van der Waals surface area contributed by atoms with E-state index in [2.05, 4.69) is 13.8 Å². The van der Waals surface area contributed by atoms with Crippen LogP contribution in [0.25, 0.3) is 0 Å². The van der Waals surface area contributed by atoms with Gasteiger partial charge >= 0.3 is 139 Å². The van der Waals surface area contributed by atoms with Crippen LogP contribution in [0, 0.1) is 0 Å². The van der Waals surface area contributed by atoms with E-state index in [0.717, 1.165) is 0 Å². The fraction of sp³-hybridized carbons (Fsp3) is 0.857. The summed E-state index contributed by atoms with van der Waals surface area (Å²) in [6.45, 7) is 4.42. The van der Waals surface area contributed by atoms with Crippen LogP contribution in [-0.2, 0) is 9.47 Å². The topological polar surface area (TPSA) is 61.3 Å². The summed E-state index contributed by atoms with van der Waals surface area (Å²) >= 11 is -2.53. The third-order valence-corrected chi connectivity index (χ3v) is 33.1. The Morgan fingerprint density at radius 1 is 0.857 bits per heavy atom. The normalized spacial score (nSPS) is 11.2. The summed E-state index contributed by atoms with van der Waals surface area (Å²) in [7, 11) is 6.84. The molecule has 0 fully saturated rings. The van der Waals surface area contributed by atoms with Gasteiger partial charge in [0.25, 0.3) is 0 Å². The van der Waals surface area contributed by atoms with Crippen LogP contribution >= 0.6 is 17.9 Å². The number of hydrogen-bond acceptors (Lipinski definition) is 4. The number of unbranched alkanes of at least 4 members (excludes halogenated alkanes) is 2. The molecular weight excluding hydrogens is 415 g/mol. The minimum atomic E-state index is -2.53. The second-order valence-corrected chi connectivity index (χ2v) is 31.3. The fourth-order valence-electron chi connectivity index (χ4n) is 1.85. The van der Waals surface area contributed by atoms with Gasteiger partial charge < -0.3 is 0 Å². The zero-order valence-electron chi connectivity index (χ0n) is 13.7. The van der Waals surface area contributed by atoms with Crippen molar-refractivity contribution in [3.8, 4) is 0 Å². The maximum absolute atomic E-state index is 9.61.